The summed E-state index contributed by atoms with van der Waals surface area (Å²) in [6.07, 6.45) is -0.712. The molecule has 0 saturated carbocycles. The number of fused-ring (bicyclic) bond motifs is 1. The topological polar surface area (TPSA) is 176 Å². The van der Waals surface area contributed by atoms with Crippen molar-refractivity contribution in [1.82, 2.24) is 5.32 Å². The van der Waals surface area contributed by atoms with E-state index in [0.717, 1.165) is 0 Å². The van der Waals surface area contributed by atoms with Gasteiger partial charge in [-0.1, -0.05) is 13.0 Å². The van der Waals surface area contributed by atoms with E-state index in [1.54, 1.807) is 13.0 Å². The van der Waals surface area contributed by atoms with Crippen molar-refractivity contribution >= 4 is 41.2 Å². The summed E-state index contributed by atoms with van der Waals surface area (Å²) in [5.41, 5.74) is -0.117. The largest absolute Gasteiger partial charge is 0.619 e. The molecule has 2 fully saturated rings. The first-order chi connectivity index (χ1) is 16.0. The molecule has 1 unspecified atom stereocenters. The van der Waals surface area contributed by atoms with Crippen molar-refractivity contribution in [3.05, 3.63) is 45.6 Å². The van der Waals surface area contributed by atoms with Gasteiger partial charge in [-0.3, -0.25) is 9.44 Å². The SMILES string of the molecule is C[C@@H](O)[C@H]1C(=O)[N+]2([O-])C(C(=O)O)=C(S[C@@H]3CN[C@H](C(=O)Nc4cccc(C(=O)O)c4)C3)[C@H](C)[C@H]12. The van der Waals surface area contributed by atoms with Gasteiger partial charge in [-0.25, -0.2) is 14.4 Å². The zero-order valence-corrected chi connectivity index (χ0v) is 19.2. The third-order valence-electron chi connectivity index (χ3n) is 6.69. The van der Waals surface area contributed by atoms with Gasteiger partial charge >= 0.3 is 17.8 Å². The number of benzene rings is 1. The third kappa shape index (κ3) is 3.81. The van der Waals surface area contributed by atoms with E-state index in [1.807, 2.05) is 0 Å². The van der Waals surface area contributed by atoms with Crippen molar-refractivity contribution in [3.63, 3.8) is 0 Å². The summed E-state index contributed by atoms with van der Waals surface area (Å²) >= 11 is 1.18. The second-order valence-corrected chi connectivity index (χ2v) is 10.2. The van der Waals surface area contributed by atoms with E-state index in [0.29, 0.717) is 23.6 Å². The second-order valence-electron chi connectivity index (χ2n) is 8.87. The van der Waals surface area contributed by atoms with Gasteiger partial charge in [-0.05, 0) is 31.5 Å². The van der Waals surface area contributed by atoms with Gasteiger partial charge in [0.1, 0.15) is 6.04 Å². The molecule has 7 atom stereocenters. The quantitative estimate of drug-likeness (QED) is 0.210. The van der Waals surface area contributed by atoms with E-state index < -0.39 is 58.2 Å². The summed E-state index contributed by atoms with van der Waals surface area (Å²) in [6.45, 7) is 3.48. The second kappa shape index (κ2) is 8.78. The number of nitrogens with one attached hydrogen (secondary N) is 2. The maximum Gasteiger partial charge on any atom is 0.392 e. The molecule has 0 radical (unpaired) electrons. The number of rotatable bonds is 7. The number of amides is 2. The number of carbonyl (C=O) groups is 4. The van der Waals surface area contributed by atoms with Gasteiger partial charge in [-0.15, -0.1) is 11.8 Å². The van der Waals surface area contributed by atoms with Gasteiger partial charge in [0, 0.05) is 23.4 Å². The van der Waals surface area contributed by atoms with Crippen LogP contribution in [-0.2, 0) is 14.4 Å². The smallest absolute Gasteiger partial charge is 0.392 e. The summed E-state index contributed by atoms with van der Waals surface area (Å²) in [5.74, 6) is -5.22. The highest BCUT2D eigenvalue weighted by Crippen LogP contribution is 2.56. The van der Waals surface area contributed by atoms with Crippen LogP contribution in [0.15, 0.2) is 34.9 Å². The van der Waals surface area contributed by atoms with Gasteiger partial charge < -0.3 is 31.2 Å². The monoisotopic (exact) mass is 491 g/mol. The van der Waals surface area contributed by atoms with Crippen LogP contribution in [0.3, 0.4) is 0 Å². The highest BCUT2D eigenvalue weighted by atomic mass is 32.2. The van der Waals surface area contributed by atoms with Crippen LogP contribution in [0.4, 0.5) is 5.69 Å². The molecule has 0 aliphatic carbocycles. The lowest BCUT2D eigenvalue weighted by Crippen LogP contribution is -2.73. The minimum Gasteiger partial charge on any atom is -0.619 e. The molecule has 11 nitrogen and oxygen atoms in total. The summed E-state index contributed by atoms with van der Waals surface area (Å²) in [4.78, 5) is 48.6. The maximum atomic E-state index is 13.3. The number of nitrogens with zero attached hydrogens (tertiary/aromatic N) is 1. The van der Waals surface area contributed by atoms with E-state index in [-0.39, 0.29) is 16.7 Å². The fourth-order valence-electron chi connectivity index (χ4n) is 5.11. The zero-order valence-electron chi connectivity index (χ0n) is 18.4. The van der Waals surface area contributed by atoms with E-state index >= 15 is 0 Å². The lowest BCUT2D eigenvalue weighted by Gasteiger charge is -2.55. The van der Waals surface area contributed by atoms with Crippen molar-refractivity contribution in [2.24, 2.45) is 11.8 Å². The van der Waals surface area contributed by atoms with E-state index in [1.165, 1.54) is 36.9 Å². The highest BCUT2D eigenvalue weighted by molar-refractivity contribution is 8.03. The lowest BCUT2D eigenvalue weighted by molar-refractivity contribution is -0.827. The number of anilines is 1. The number of hydroxylamine groups is 3. The normalized spacial score (nSPS) is 33.3. The average molecular weight is 492 g/mol. The Morgan fingerprint density at radius 2 is 1.97 bits per heavy atom. The molecule has 2 amide bonds. The molecule has 1 aromatic carbocycles. The maximum absolute atomic E-state index is 13.3. The van der Waals surface area contributed by atoms with Crippen molar-refractivity contribution < 1.29 is 39.1 Å². The van der Waals surface area contributed by atoms with Crippen molar-refractivity contribution in [2.75, 3.05) is 11.9 Å². The number of carboxylic acids is 2. The van der Waals surface area contributed by atoms with E-state index in [4.69, 9.17) is 5.11 Å². The van der Waals surface area contributed by atoms with Crippen LogP contribution in [0.2, 0.25) is 0 Å². The Hall–Kier alpha value is -2.77. The predicted molar refractivity (Wildman–Crippen MR) is 121 cm³/mol. The molecule has 12 heteroatoms. The average Bonchev–Trinajstić information content (AvgIpc) is 3.30. The van der Waals surface area contributed by atoms with Crippen LogP contribution in [0.1, 0.15) is 30.6 Å². The Kier molecular flexibility index (Phi) is 6.29. The summed E-state index contributed by atoms with van der Waals surface area (Å²) < 4.78 is -1.56. The Morgan fingerprint density at radius 3 is 2.59 bits per heavy atom. The predicted octanol–water partition coefficient (Wildman–Crippen LogP) is 0.953. The number of quaternary nitrogens is 1. The van der Waals surface area contributed by atoms with Crippen molar-refractivity contribution in [3.8, 4) is 0 Å². The number of carbonyl (C=O) groups excluding carboxylic acids is 2. The third-order valence-corrected chi connectivity index (χ3v) is 8.20. The number of aliphatic hydroxyl groups is 1. The molecule has 5 N–H and O–H groups in total. The summed E-state index contributed by atoms with van der Waals surface area (Å²) in [6, 6.07) is 4.38. The Balaban J connectivity index is 1.47. The highest BCUT2D eigenvalue weighted by Gasteiger charge is 2.70. The number of aromatic carboxylic acids is 1. The van der Waals surface area contributed by atoms with Crippen LogP contribution in [0.5, 0.6) is 0 Å². The van der Waals surface area contributed by atoms with E-state index in [2.05, 4.69) is 10.6 Å². The summed E-state index contributed by atoms with van der Waals surface area (Å²) in [7, 11) is 0. The minimum absolute atomic E-state index is 0.0401. The molecule has 3 aliphatic rings. The molecule has 1 aromatic rings. The van der Waals surface area contributed by atoms with Crippen LogP contribution in [-0.4, -0.2) is 73.7 Å². The van der Waals surface area contributed by atoms with Gasteiger partial charge in [0.2, 0.25) is 11.6 Å². The van der Waals surface area contributed by atoms with Crippen LogP contribution in [0, 0.1) is 17.0 Å². The van der Waals surface area contributed by atoms with Crippen LogP contribution >= 0.6 is 11.8 Å². The number of thioether (sulfide) groups is 1. The number of hydrogen-bond acceptors (Lipinski definition) is 8. The molecule has 3 heterocycles. The van der Waals surface area contributed by atoms with Gasteiger partial charge in [0.15, 0.2) is 5.92 Å². The summed E-state index contributed by atoms with van der Waals surface area (Å²) in [5, 5.41) is 47.6. The Bertz CT molecular complexity index is 1110. The fourth-order valence-corrected chi connectivity index (χ4v) is 6.63. The standard InChI is InChI=1S/C22H25N3O8S/c1-9-16-15(10(2)26)20(28)25(16,33)17(22(31)32)18(9)34-13-7-14(23-8-13)19(27)24-12-5-3-4-11(6-12)21(29)30/h3-6,9-10,13-16,23,26H,7-8H2,1-2H3,(H,24,27)(H,29,30)(H,31,32)/t9-,10-,13+,14+,15-,16-,25?/m1/s1. The molecule has 3 aliphatic heterocycles. The molecule has 0 aromatic heterocycles. The number of carboxylic acid groups (broad SMARTS) is 2. The minimum atomic E-state index is -1.56. The van der Waals surface area contributed by atoms with Crippen molar-refractivity contribution in [1.29, 1.82) is 0 Å². The Morgan fingerprint density at radius 1 is 1.26 bits per heavy atom. The fraction of sp³-hybridized carbons (Fsp3) is 0.455. The molecule has 0 spiro atoms. The van der Waals surface area contributed by atoms with E-state index in [9.17, 15) is 34.6 Å². The number of β-lactam (4-membered cyclic amide) rings is 1. The van der Waals surface area contributed by atoms with Gasteiger partial charge in [0.25, 0.3) is 0 Å². The first-order valence-corrected chi connectivity index (χ1v) is 11.7. The van der Waals surface area contributed by atoms with Gasteiger partial charge in [0.05, 0.1) is 22.6 Å². The molecule has 34 heavy (non-hydrogen) atoms. The first-order valence-electron chi connectivity index (χ1n) is 10.8. The van der Waals surface area contributed by atoms with Crippen LogP contribution in [0.25, 0.3) is 0 Å². The van der Waals surface area contributed by atoms with Crippen LogP contribution < -0.4 is 10.6 Å². The zero-order chi connectivity index (χ0) is 24.9. The first kappa shape index (κ1) is 24.4. The number of aliphatic carboxylic acids is 1. The van der Waals surface area contributed by atoms with Crippen molar-refractivity contribution in [2.45, 2.75) is 43.7 Å². The molecule has 0 bridgehead atoms. The molecule has 182 valence electrons. The number of hydrogen-bond donors (Lipinski definition) is 5. The molecular weight excluding hydrogens is 466 g/mol. The molecule has 2 saturated heterocycles. The lowest BCUT2D eigenvalue weighted by atomic mass is 9.78. The molecule has 4 rings (SSSR count). The number of aliphatic hydroxyl groups excluding tert-OH is 1. The van der Waals surface area contributed by atoms with Gasteiger partial charge in [-0.2, -0.15) is 0 Å². The Labute approximate surface area is 199 Å². The molecular formula is C22H25N3O8S.